The van der Waals surface area contributed by atoms with Crippen LogP contribution in [0.2, 0.25) is 0 Å². The monoisotopic (exact) mass is 334 g/mol. The summed E-state index contributed by atoms with van der Waals surface area (Å²) in [6, 6.07) is 3.81. The Kier molecular flexibility index (Phi) is 4.63. The Hall–Kier alpha value is -1.60. The van der Waals surface area contributed by atoms with Crippen LogP contribution in [0.1, 0.15) is 21.5 Å². The Balaban J connectivity index is 1.87. The summed E-state index contributed by atoms with van der Waals surface area (Å²) >= 11 is 3.48. The van der Waals surface area contributed by atoms with Crippen molar-refractivity contribution in [3.8, 4) is 0 Å². The molecule has 0 N–H and O–H groups in total. The van der Waals surface area contributed by atoms with Gasteiger partial charge in [-0.3, -0.25) is 9.78 Å². The summed E-state index contributed by atoms with van der Waals surface area (Å²) < 4.78 is 0. The highest BCUT2D eigenvalue weighted by atomic mass is 32.2. The molecule has 22 heavy (non-hydrogen) atoms. The summed E-state index contributed by atoms with van der Waals surface area (Å²) in [6.45, 7) is 0.738. The first-order chi connectivity index (χ1) is 10.7. The van der Waals surface area contributed by atoms with Gasteiger partial charge in [0.25, 0.3) is 5.91 Å². The highest BCUT2D eigenvalue weighted by Crippen LogP contribution is 2.31. The number of pyridine rings is 1. The van der Waals surface area contributed by atoms with Gasteiger partial charge >= 0.3 is 0 Å². The maximum atomic E-state index is 12.9. The molecule has 1 unspecified atom stereocenters. The fraction of sp³-hybridized carbons (Fsp3) is 0.400. The Morgan fingerprint density at radius 1 is 1.36 bits per heavy atom. The highest BCUT2D eigenvalue weighted by molar-refractivity contribution is 7.99. The van der Waals surface area contributed by atoms with Crippen molar-refractivity contribution in [3.05, 3.63) is 40.6 Å². The van der Waals surface area contributed by atoms with Crippen molar-refractivity contribution in [1.29, 1.82) is 0 Å². The lowest BCUT2D eigenvalue weighted by Crippen LogP contribution is -2.41. The summed E-state index contributed by atoms with van der Waals surface area (Å²) in [6.07, 6.45) is 3.49. The smallest absolute Gasteiger partial charge is 0.273 e. The molecule has 2 aromatic rings. The molecule has 0 saturated carbocycles. The Morgan fingerprint density at radius 3 is 2.95 bits per heavy atom. The Morgan fingerprint density at radius 2 is 2.23 bits per heavy atom. The second-order valence-corrected chi connectivity index (χ2v) is 7.33. The zero-order valence-electron chi connectivity index (χ0n) is 12.6. The van der Waals surface area contributed by atoms with E-state index in [1.165, 1.54) is 0 Å². The Bertz CT molecular complexity index is 645. The van der Waals surface area contributed by atoms with E-state index in [0.717, 1.165) is 28.7 Å². The van der Waals surface area contributed by atoms with Crippen molar-refractivity contribution >= 4 is 34.7 Å². The fourth-order valence-corrected chi connectivity index (χ4v) is 4.32. The van der Waals surface area contributed by atoms with Gasteiger partial charge in [0.15, 0.2) is 0 Å². The number of nitrogens with zero attached hydrogens (tertiary/aromatic N) is 4. The van der Waals surface area contributed by atoms with Crippen LogP contribution >= 0.6 is 23.1 Å². The third kappa shape index (κ3) is 3.10. The van der Waals surface area contributed by atoms with Crippen molar-refractivity contribution in [3.63, 3.8) is 0 Å². The Labute approximate surface area is 138 Å². The number of carbonyl (C=O) groups excluding carboxylic acids is 1. The first kappa shape index (κ1) is 15.3. The van der Waals surface area contributed by atoms with Crippen LogP contribution in [-0.2, 0) is 0 Å². The van der Waals surface area contributed by atoms with Gasteiger partial charge in [-0.25, -0.2) is 4.98 Å². The van der Waals surface area contributed by atoms with Crippen LogP contribution in [0.25, 0.3) is 0 Å². The number of carbonyl (C=O) groups is 1. The van der Waals surface area contributed by atoms with Gasteiger partial charge in [-0.2, -0.15) is 11.8 Å². The van der Waals surface area contributed by atoms with Gasteiger partial charge in [0.2, 0.25) is 0 Å². The fourth-order valence-electron chi connectivity index (χ4n) is 2.41. The van der Waals surface area contributed by atoms with Crippen molar-refractivity contribution in [2.24, 2.45) is 0 Å². The maximum Gasteiger partial charge on any atom is 0.273 e. The normalized spacial score (nSPS) is 18.3. The van der Waals surface area contributed by atoms with Gasteiger partial charge in [-0.05, 0) is 12.1 Å². The average Bonchev–Trinajstić information content (AvgIpc) is 3.08. The number of anilines is 1. The van der Waals surface area contributed by atoms with Gasteiger partial charge in [0.05, 0.1) is 6.04 Å². The van der Waals surface area contributed by atoms with E-state index in [-0.39, 0.29) is 11.9 Å². The molecule has 3 rings (SSSR count). The molecular weight excluding hydrogens is 316 g/mol. The lowest BCUT2D eigenvalue weighted by molar-refractivity contribution is 0.0695. The second kappa shape index (κ2) is 6.66. The van der Waals surface area contributed by atoms with E-state index in [0.29, 0.717) is 5.69 Å². The van der Waals surface area contributed by atoms with Gasteiger partial charge < -0.3 is 9.80 Å². The highest BCUT2D eigenvalue weighted by Gasteiger charge is 2.31. The van der Waals surface area contributed by atoms with Gasteiger partial charge in [0, 0.05) is 55.6 Å². The summed E-state index contributed by atoms with van der Waals surface area (Å²) in [5.74, 6) is 1.84. The number of amides is 1. The molecule has 0 aliphatic carbocycles. The van der Waals surface area contributed by atoms with E-state index >= 15 is 0 Å². The molecule has 5 nitrogen and oxygen atoms in total. The van der Waals surface area contributed by atoms with E-state index in [2.05, 4.69) is 9.97 Å². The average molecular weight is 334 g/mol. The number of hydrogen-bond donors (Lipinski definition) is 0. The van der Waals surface area contributed by atoms with Gasteiger partial charge in [-0.15, -0.1) is 11.3 Å². The third-order valence-corrected chi connectivity index (χ3v) is 5.50. The minimum atomic E-state index is -0.01000. The van der Waals surface area contributed by atoms with Crippen LogP contribution in [0.5, 0.6) is 0 Å². The second-order valence-electron chi connectivity index (χ2n) is 5.25. The molecule has 116 valence electrons. The predicted molar refractivity (Wildman–Crippen MR) is 91.8 cm³/mol. The largest absolute Gasteiger partial charge is 0.378 e. The van der Waals surface area contributed by atoms with Crippen LogP contribution in [0.15, 0.2) is 29.9 Å². The van der Waals surface area contributed by atoms with Crippen LogP contribution in [0, 0.1) is 0 Å². The topological polar surface area (TPSA) is 49.3 Å². The molecule has 1 aliphatic rings. The van der Waals surface area contributed by atoms with Crippen molar-refractivity contribution in [2.75, 3.05) is 37.0 Å². The third-order valence-electron chi connectivity index (χ3n) is 3.60. The minimum absolute atomic E-state index is 0.01000. The van der Waals surface area contributed by atoms with E-state index in [9.17, 15) is 4.79 Å². The SMILES string of the molecule is CN(C)c1ccnc(C(=O)N2CCSCC2c2nccs2)c1. The van der Waals surface area contributed by atoms with Crippen LogP contribution in [-0.4, -0.2) is 52.9 Å². The van der Waals surface area contributed by atoms with Crippen LogP contribution in [0.3, 0.4) is 0 Å². The molecule has 1 saturated heterocycles. The number of aromatic nitrogens is 2. The molecular formula is C15H18N4OS2. The molecule has 2 aromatic heterocycles. The zero-order chi connectivity index (χ0) is 15.5. The molecule has 7 heteroatoms. The maximum absolute atomic E-state index is 12.9. The quantitative estimate of drug-likeness (QED) is 0.863. The zero-order valence-corrected chi connectivity index (χ0v) is 14.2. The predicted octanol–water partition coefficient (Wildman–Crippen LogP) is 2.53. The molecule has 1 fully saturated rings. The van der Waals surface area contributed by atoms with Crippen LogP contribution < -0.4 is 4.90 Å². The summed E-state index contributed by atoms with van der Waals surface area (Å²) in [5, 5.41) is 2.96. The number of rotatable bonds is 3. The van der Waals surface area contributed by atoms with E-state index in [1.54, 1.807) is 23.7 Å². The molecule has 1 aliphatic heterocycles. The molecule has 3 heterocycles. The molecule has 1 amide bonds. The first-order valence-corrected chi connectivity index (χ1v) is 9.11. The molecule has 1 atom stereocenters. The summed E-state index contributed by atoms with van der Waals surface area (Å²) in [4.78, 5) is 25.4. The molecule has 0 aromatic carbocycles. The van der Waals surface area contributed by atoms with Crippen molar-refractivity contribution in [2.45, 2.75) is 6.04 Å². The van der Waals surface area contributed by atoms with Crippen molar-refractivity contribution < 1.29 is 4.79 Å². The van der Waals surface area contributed by atoms with E-state index in [4.69, 9.17) is 0 Å². The van der Waals surface area contributed by atoms with Crippen LogP contribution in [0.4, 0.5) is 5.69 Å². The standard InChI is InChI=1S/C15H18N4OS2/c1-18(2)11-3-4-16-12(9-11)15(20)19-6-8-21-10-13(19)14-17-5-7-22-14/h3-5,7,9,13H,6,8,10H2,1-2H3. The number of thioether (sulfide) groups is 1. The minimum Gasteiger partial charge on any atom is -0.378 e. The molecule has 0 bridgehead atoms. The van der Waals surface area contributed by atoms with Crippen molar-refractivity contribution in [1.82, 2.24) is 14.9 Å². The first-order valence-electron chi connectivity index (χ1n) is 7.08. The van der Waals surface area contributed by atoms with Gasteiger partial charge in [0.1, 0.15) is 10.7 Å². The molecule has 0 spiro atoms. The number of hydrogen-bond acceptors (Lipinski definition) is 6. The summed E-state index contributed by atoms with van der Waals surface area (Å²) in [5.41, 5.74) is 1.48. The van der Waals surface area contributed by atoms with E-state index < -0.39 is 0 Å². The number of thiazole rings is 1. The van der Waals surface area contributed by atoms with Gasteiger partial charge in [-0.1, -0.05) is 0 Å². The van der Waals surface area contributed by atoms with E-state index in [1.807, 2.05) is 53.2 Å². The lowest BCUT2D eigenvalue weighted by Gasteiger charge is -2.34. The lowest BCUT2D eigenvalue weighted by atomic mass is 10.2. The molecule has 0 radical (unpaired) electrons. The summed E-state index contributed by atoms with van der Waals surface area (Å²) in [7, 11) is 3.92.